The van der Waals surface area contributed by atoms with Crippen molar-refractivity contribution < 1.29 is 14.3 Å². The standard InChI is InChI=1S/C16H18N2O3/c1-2-20-14-8-7-12(17)9-11(14)10-21-15-6-4-3-5-13(15)16(18)19/h3-9H,2,10,17H2,1H3,(H2,18,19). The summed E-state index contributed by atoms with van der Waals surface area (Å²) in [6, 6.07) is 12.2. The maximum atomic E-state index is 11.4. The highest BCUT2D eigenvalue weighted by atomic mass is 16.5. The average molecular weight is 286 g/mol. The Labute approximate surface area is 123 Å². The van der Waals surface area contributed by atoms with Crippen molar-refractivity contribution in [2.24, 2.45) is 5.73 Å². The number of nitrogen functional groups attached to an aromatic ring is 1. The number of rotatable bonds is 6. The molecule has 2 aromatic rings. The molecular formula is C16H18N2O3. The Morgan fingerprint density at radius 3 is 2.57 bits per heavy atom. The van der Waals surface area contributed by atoms with Crippen LogP contribution in [0.4, 0.5) is 5.69 Å². The Hall–Kier alpha value is -2.69. The van der Waals surface area contributed by atoms with Crippen LogP contribution in [-0.4, -0.2) is 12.5 Å². The molecule has 0 aliphatic carbocycles. The fraction of sp³-hybridized carbons (Fsp3) is 0.188. The minimum Gasteiger partial charge on any atom is -0.493 e. The molecule has 0 aliphatic rings. The van der Waals surface area contributed by atoms with Gasteiger partial charge in [-0.3, -0.25) is 4.79 Å². The molecule has 0 aromatic heterocycles. The van der Waals surface area contributed by atoms with E-state index in [0.717, 1.165) is 5.56 Å². The fourth-order valence-corrected chi connectivity index (χ4v) is 1.96. The highest BCUT2D eigenvalue weighted by molar-refractivity contribution is 5.95. The van der Waals surface area contributed by atoms with Gasteiger partial charge in [-0.15, -0.1) is 0 Å². The van der Waals surface area contributed by atoms with Crippen LogP contribution in [0.5, 0.6) is 11.5 Å². The molecule has 0 saturated heterocycles. The first-order valence-electron chi connectivity index (χ1n) is 6.64. The Morgan fingerprint density at radius 2 is 1.86 bits per heavy atom. The zero-order chi connectivity index (χ0) is 15.2. The lowest BCUT2D eigenvalue weighted by Crippen LogP contribution is -2.13. The van der Waals surface area contributed by atoms with E-state index in [1.807, 2.05) is 6.92 Å². The third-order valence-electron chi connectivity index (χ3n) is 2.92. The maximum absolute atomic E-state index is 11.4. The van der Waals surface area contributed by atoms with Gasteiger partial charge in [0.25, 0.3) is 5.91 Å². The van der Waals surface area contributed by atoms with Crippen LogP contribution < -0.4 is 20.9 Å². The highest BCUT2D eigenvalue weighted by Gasteiger charge is 2.10. The first-order valence-corrected chi connectivity index (χ1v) is 6.64. The minimum atomic E-state index is -0.525. The maximum Gasteiger partial charge on any atom is 0.252 e. The number of anilines is 1. The summed E-state index contributed by atoms with van der Waals surface area (Å²) in [6.45, 7) is 2.70. The Kier molecular flexibility index (Phi) is 4.66. The lowest BCUT2D eigenvalue weighted by molar-refractivity contribution is 0.0996. The molecule has 5 nitrogen and oxygen atoms in total. The lowest BCUT2D eigenvalue weighted by Gasteiger charge is -2.13. The number of ether oxygens (including phenoxy) is 2. The monoisotopic (exact) mass is 286 g/mol. The third-order valence-corrected chi connectivity index (χ3v) is 2.92. The zero-order valence-electron chi connectivity index (χ0n) is 11.8. The van der Waals surface area contributed by atoms with Gasteiger partial charge in [0.05, 0.1) is 12.2 Å². The summed E-state index contributed by atoms with van der Waals surface area (Å²) in [7, 11) is 0. The van der Waals surface area contributed by atoms with E-state index < -0.39 is 5.91 Å². The molecule has 4 N–H and O–H groups in total. The van der Waals surface area contributed by atoms with Crippen LogP contribution in [0.3, 0.4) is 0 Å². The summed E-state index contributed by atoms with van der Waals surface area (Å²) in [6.07, 6.45) is 0. The molecule has 2 rings (SSSR count). The average Bonchev–Trinajstić information content (AvgIpc) is 2.48. The number of carbonyl (C=O) groups excluding carboxylic acids is 1. The van der Waals surface area contributed by atoms with E-state index in [4.69, 9.17) is 20.9 Å². The molecule has 0 radical (unpaired) electrons. The smallest absolute Gasteiger partial charge is 0.252 e. The van der Waals surface area contributed by atoms with Crippen molar-refractivity contribution in [2.75, 3.05) is 12.3 Å². The predicted molar refractivity (Wildman–Crippen MR) is 81.3 cm³/mol. The van der Waals surface area contributed by atoms with Crippen molar-refractivity contribution >= 4 is 11.6 Å². The summed E-state index contributed by atoms with van der Waals surface area (Å²) in [5.74, 6) is 0.626. The van der Waals surface area contributed by atoms with E-state index in [0.29, 0.717) is 29.4 Å². The second-order valence-corrected chi connectivity index (χ2v) is 4.45. The molecule has 0 aliphatic heterocycles. The van der Waals surface area contributed by atoms with Gasteiger partial charge in [-0.2, -0.15) is 0 Å². The van der Waals surface area contributed by atoms with Crippen LogP contribution in [0.25, 0.3) is 0 Å². The van der Waals surface area contributed by atoms with Crippen molar-refractivity contribution in [3.05, 3.63) is 53.6 Å². The van der Waals surface area contributed by atoms with Crippen LogP contribution in [-0.2, 0) is 6.61 Å². The van der Waals surface area contributed by atoms with E-state index in [1.165, 1.54) is 0 Å². The Bertz CT molecular complexity index is 641. The summed E-state index contributed by atoms with van der Waals surface area (Å²) >= 11 is 0. The number of nitrogens with two attached hydrogens (primary N) is 2. The molecule has 110 valence electrons. The van der Waals surface area contributed by atoms with Gasteiger partial charge < -0.3 is 20.9 Å². The van der Waals surface area contributed by atoms with E-state index in [-0.39, 0.29) is 6.61 Å². The van der Waals surface area contributed by atoms with Crippen molar-refractivity contribution in [2.45, 2.75) is 13.5 Å². The quantitative estimate of drug-likeness (QED) is 0.798. The minimum absolute atomic E-state index is 0.241. The number of hydrogen-bond donors (Lipinski definition) is 2. The molecule has 0 bridgehead atoms. The second kappa shape index (κ2) is 6.65. The number of hydrogen-bond acceptors (Lipinski definition) is 4. The molecule has 0 atom stereocenters. The summed E-state index contributed by atoms with van der Waals surface area (Å²) in [5.41, 5.74) is 12.9. The van der Waals surface area contributed by atoms with Gasteiger partial charge >= 0.3 is 0 Å². The number of benzene rings is 2. The van der Waals surface area contributed by atoms with Crippen LogP contribution in [0.2, 0.25) is 0 Å². The second-order valence-electron chi connectivity index (χ2n) is 4.45. The van der Waals surface area contributed by atoms with E-state index in [9.17, 15) is 4.79 Å². The molecule has 2 aromatic carbocycles. The van der Waals surface area contributed by atoms with E-state index in [1.54, 1.807) is 42.5 Å². The fourth-order valence-electron chi connectivity index (χ4n) is 1.96. The van der Waals surface area contributed by atoms with Crippen LogP contribution in [0.15, 0.2) is 42.5 Å². The summed E-state index contributed by atoms with van der Waals surface area (Å²) < 4.78 is 11.2. The largest absolute Gasteiger partial charge is 0.493 e. The van der Waals surface area contributed by atoms with Gasteiger partial charge in [0.15, 0.2) is 0 Å². The molecule has 0 fully saturated rings. The van der Waals surface area contributed by atoms with Gasteiger partial charge in [-0.05, 0) is 37.3 Å². The molecule has 1 amide bonds. The molecule has 0 spiro atoms. The summed E-state index contributed by atoms with van der Waals surface area (Å²) in [5, 5.41) is 0. The Balaban J connectivity index is 2.20. The van der Waals surface area contributed by atoms with E-state index >= 15 is 0 Å². The molecule has 0 heterocycles. The Morgan fingerprint density at radius 1 is 1.10 bits per heavy atom. The van der Waals surface area contributed by atoms with Gasteiger partial charge in [0, 0.05) is 11.3 Å². The van der Waals surface area contributed by atoms with Gasteiger partial charge in [-0.25, -0.2) is 0 Å². The lowest BCUT2D eigenvalue weighted by atomic mass is 10.1. The first kappa shape index (κ1) is 14.7. The molecule has 0 unspecified atom stereocenters. The molecular weight excluding hydrogens is 268 g/mol. The predicted octanol–water partition coefficient (Wildman–Crippen LogP) is 2.35. The highest BCUT2D eigenvalue weighted by Crippen LogP contribution is 2.25. The molecule has 21 heavy (non-hydrogen) atoms. The van der Waals surface area contributed by atoms with Gasteiger partial charge in [0.2, 0.25) is 0 Å². The van der Waals surface area contributed by atoms with Crippen LogP contribution in [0, 0.1) is 0 Å². The van der Waals surface area contributed by atoms with Gasteiger partial charge in [0.1, 0.15) is 18.1 Å². The van der Waals surface area contributed by atoms with Crippen molar-refractivity contribution in [1.29, 1.82) is 0 Å². The third kappa shape index (κ3) is 3.66. The topological polar surface area (TPSA) is 87.6 Å². The number of primary amides is 1. The molecule has 5 heteroatoms. The first-order chi connectivity index (χ1) is 10.1. The zero-order valence-corrected chi connectivity index (χ0v) is 11.8. The summed E-state index contributed by atoms with van der Waals surface area (Å²) in [4.78, 5) is 11.4. The SMILES string of the molecule is CCOc1ccc(N)cc1COc1ccccc1C(N)=O. The normalized spacial score (nSPS) is 10.1. The molecule has 0 saturated carbocycles. The van der Waals surface area contributed by atoms with Gasteiger partial charge in [-0.1, -0.05) is 12.1 Å². The number of carbonyl (C=O) groups is 1. The van der Waals surface area contributed by atoms with Crippen LogP contribution >= 0.6 is 0 Å². The number of amides is 1. The van der Waals surface area contributed by atoms with Crippen molar-refractivity contribution in [3.8, 4) is 11.5 Å². The number of para-hydroxylation sites is 1. The van der Waals surface area contributed by atoms with Crippen LogP contribution in [0.1, 0.15) is 22.8 Å². The van der Waals surface area contributed by atoms with Crippen molar-refractivity contribution in [1.82, 2.24) is 0 Å². The van der Waals surface area contributed by atoms with E-state index in [2.05, 4.69) is 0 Å². The van der Waals surface area contributed by atoms with Crippen molar-refractivity contribution in [3.63, 3.8) is 0 Å².